The Morgan fingerprint density at radius 3 is 1.92 bits per heavy atom. The van der Waals surface area contributed by atoms with Crippen LogP contribution in [0.15, 0.2) is 0 Å². The Bertz CT molecular complexity index is 169. The van der Waals surface area contributed by atoms with Gasteiger partial charge in [-0.25, -0.2) is 0 Å². The van der Waals surface area contributed by atoms with E-state index in [4.69, 9.17) is 11.5 Å². The first-order valence-electron chi connectivity index (χ1n) is 4.23. The number of nitrogens with two attached hydrogens (primary N) is 2. The van der Waals surface area contributed by atoms with Gasteiger partial charge in [0.25, 0.3) is 0 Å². The predicted octanol–water partition coefficient (Wildman–Crippen LogP) is 0.0634. The van der Waals surface area contributed by atoms with Crippen LogP contribution in [0.1, 0.15) is 25.7 Å². The number of rotatable bonds is 7. The summed E-state index contributed by atoms with van der Waals surface area (Å²) in [7, 11) is 0. The third-order valence-corrected chi connectivity index (χ3v) is 2.07. The van der Waals surface area contributed by atoms with Gasteiger partial charge in [-0.05, 0) is 24.5 Å². The van der Waals surface area contributed by atoms with Crippen LogP contribution in [0.4, 0.5) is 0 Å². The summed E-state index contributed by atoms with van der Waals surface area (Å²) in [6, 6.07) is 0. The molecule has 0 aromatic heterocycles. The van der Waals surface area contributed by atoms with Gasteiger partial charge in [0, 0.05) is 12.8 Å². The minimum Gasteiger partial charge on any atom is -0.370 e. The van der Waals surface area contributed by atoms with Crippen LogP contribution in [0.3, 0.4) is 0 Å². The van der Waals surface area contributed by atoms with Crippen LogP contribution in [0.25, 0.3) is 0 Å². The fourth-order valence-electron chi connectivity index (χ4n) is 1.23. The van der Waals surface area contributed by atoms with Gasteiger partial charge in [0.15, 0.2) is 0 Å². The smallest absolute Gasteiger partial charge is 0.217 e. The molecule has 5 heteroatoms. The zero-order chi connectivity index (χ0) is 10.3. The largest absolute Gasteiger partial charge is 0.370 e. The summed E-state index contributed by atoms with van der Waals surface area (Å²) in [5.74, 6) is -0.0356. The van der Waals surface area contributed by atoms with Gasteiger partial charge < -0.3 is 11.5 Å². The second-order valence-electron chi connectivity index (χ2n) is 3.07. The summed E-state index contributed by atoms with van der Waals surface area (Å²) < 4.78 is 0. The SMILES string of the molecule is NC(=O)CC(CCCS)CC(N)=O. The monoisotopic (exact) mass is 204 g/mol. The number of thiol groups is 1. The van der Waals surface area contributed by atoms with Crippen molar-refractivity contribution in [3.63, 3.8) is 0 Å². The molecule has 0 aromatic rings. The summed E-state index contributed by atoms with van der Waals surface area (Å²) in [5.41, 5.74) is 10.1. The lowest BCUT2D eigenvalue weighted by Gasteiger charge is -2.11. The van der Waals surface area contributed by atoms with Crippen molar-refractivity contribution in [2.24, 2.45) is 17.4 Å². The van der Waals surface area contributed by atoms with Crippen LogP contribution >= 0.6 is 12.6 Å². The minimum atomic E-state index is -0.384. The van der Waals surface area contributed by atoms with Crippen molar-refractivity contribution in [3.8, 4) is 0 Å². The Morgan fingerprint density at radius 2 is 1.62 bits per heavy atom. The van der Waals surface area contributed by atoms with Crippen LogP contribution in [-0.4, -0.2) is 17.6 Å². The summed E-state index contributed by atoms with van der Waals surface area (Å²) in [6.07, 6.45) is 2.11. The minimum absolute atomic E-state index is 0.0119. The lowest BCUT2D eigenvalue weighted by Crippen LogP contribution is -2.22. The average molecular weight is 204 g/mol. The Labute approximate surface area is 83.5 Å². The number of carbonyl (C=O) groups excluding carboxylic acids is 2. The van der Waals surface area contributed by atoms with E-state index < -0.39 is 0 Å². The maximum Gasteiger partial charge on any atom is 0.217 e. The molecule has 0 aliphatic heterocycles. The van der Waals surface area contributed by atoms with Crippen LogP contribution in [0.2, 0.25) is 0 Å². The van der Waals surface area contributed by atoms with E-state index in [0.717, 1.165) is 18.6 Å². The van der Waals surface area contributed by atoms with Crippen molar-refractivity contribution in [2.75, 3.05) is 5.75 Å². The Morgan fingerprint density at radius 1 is 1.15 bits per heavy atom. The zero-order valence-corrected chi connectivity index (χ0v) is 8.43. The molecule has 76 valence electrons. The molecule has 0 unspecified atom stereocenters. The lowest BCUT2D eigenvalue weighted by molar-refractivity contribution is -0.120. The molecule has 4 nitrogen and oxygen atoms in total. The highest BCUT2D eigenvalue weighted by Crippen LogP contribution is 2.15. The van der Waals surface area contributed by atoms with Crippen LogP contribution in [-0.2, 0) is 9.59 Å². The molecule has 0 aromatic carbocycles. The third-order valence-electron chi connectivity index (χ3n) is 1.75. The number of carbonyl (C=O) groups is 2. The van der Waals surface area contributed by atoms with E-state index in [-0.39, 0.29) is 30.6 Å². The summed E-state index contributed by atoms with van der Waals surface area (Å²) in [4.78, 5) is 21.2. The molecule has 0 rings (SSSR count). The van der Waals surface area contributed by atoms with Gasteiger partial charge in [-0.1, -0.05) is 0 Å². The second-order valence-corrected chi connectivity index (χ2v) is 3.52. The second kappa shape index (κ2) is 6.77. The summed E-state index contributed by atoms with van der Waals surface area (Å²) in [5, 5.41) is 0. The van der Waals surface area contributed by atoms with E-state index in [9.17, 15) is 9.59 Å². The van der Waals surface area contributed by atoms with Crippen LogP contribution in [0.5, 0.6) is 0 Å². The fourth-order valence-corrected chi connectivity index (χ4v) is 1.41. The summed E-state index contributed by atoms with van der Waals surface area (Å²) >= 11 is 4.04. The van der Waals surface area contributed by atoms with Gasteiger partial charge in [-0.2, -0.15) is 12.6 Å². The summed E-state index contributed by atoms with van der Waals surface area (Å²) in [6.45, 7) is 0. The standard InChI is InChI=1S/C8H16N2O2S/c9-7(11)4-6(2-1-3-13)5-8(10)12/h6,13H,1-5H2,(H2,9,11)(H2,10,12). The Hall–Kier alpha value is -0.710. The normalized spacial score (nSPS) is 10.3. The molecule has 0 fully saturated rings. The van der Waals surface area contributed by atoms with Crippen molar-refractivity contribution in [1.82, 2.24) is 0 Å². The van der Waals surface area contributed by atoms with Gasteiger partial charge in [-0.15, -0.1) is 0 Å². The number of primary amides is 2. The van der Waals surface area contributed by atoms with E-state index in [1.807, 2.05) is 0 Å². The fraction of sp³-hybridized carbons (Fsp3) is 0.750. The van der Waals surface area contributed by atoms with Gasteiger partial charge >= 0.3 is 0 Å². The molecule has 0 aliphatic rings. The molecule has 2 amide bonds. The molecule has 0 aliphatic carbocycles. The molecule has 0 saturated heterocycles. The van der Waals surface area contributed by atoms with E-state index in [1.165, 1.54) is 0 Å². The van der Waals surface area contributed by atoms with Gasteiger partial charge in [0.2, 0.25) is 11.8 Å². The molecule has 0 bridgehead atoms. The van der Waals surface area contributed by atoms with E-state index in [2.05, 4.69) is 12.6 Å². The molecule has 0 heterocycles. The van der Waals surface area contributed by atoms with Crippen molar-refractivity contribution < 1.29 is 9.59 Å². The molecule has 13 heavy (non-hydrogen) atoms. The predicted molar refractivity (Wildman–Crippen MR) is 54.2 cm³/mol. The first-order valence-corrected chi connectivity index (χ1v) is 4.87. The van der Waals surface area contributed by atoms with E-state index in [0.29, 0.717) is 0 Å². The molecule has 0 radical (unpaired) electrons. The number of amides is 2. The maximum atomic E-state index is 10.6. The maximum absolute atomic E-state index is 10.6. The van der Waals surface area contributed by atoms with Gasteiger partial charge in [0.05, 0.1) is 0 Å². The molecule has 0 spiro atoms. The number of hydrogen-bond donors (Lipinski definition) is 3. The molecule has 4 N–H and O–H groups in total. The van der Waals surface area contributed by atoms with Crippen LogP contribution in [0, 0.1) is 5.92 Å². The van der Waals surface area contributed by atoms with Crippen molar-refractivity contribution in [3.05, 3.63) is 0 Å². The molecular weight excluding hydrogens is 188 g/mol. The zero-order valence-electron chi connectivity index (χ0n) is 7.53. The first kappa shape index (κ1) is 12.3. The van der Waals surface area contributed by atoms with E-state index >= 15 is 0 Å². The highest BCUT2D eigenvalue weighted by molar-refractivity contribution is 7.80. The topological polar surface area (TPSA) is 86.2 Å². The van der Waals surface area contributed by atoms with Crippen molar-refractivity contribution >= 4 is 24.4 Å². The Balaban J connectivity index is 3.87. The third kappa shape index (κ3) is 7.64. The van der Waals surface area contributed by atoms with Gasteiger partial charge in [0.1, 0.15) is 0 Å². The highest BCUT2D eigenvalue weighted by atomic mass is 32.1. The van der Waals surface area contributed by atoms with Crippen LogP contribution < -0.4 is 11.5 Å². The van der Waals surface area contributed by atoms with Gasteiger partial charge in [-0.3, -0.25) is 9.59 Å². The van der Waals surface area contributed by atoms with Crippen molar-refractivity contribution in [1.29, 1.82) is 0 Å². The quantitative estimate of drug-likeness (QED) is 0.512. The van der Waals surface area contributed by atoms with Crippen molar-refractivity contribution in [2.45, 2.75) is 25.7 Å². The number of hydrogen-bond acceptors (Lipinski definition) is 3. The highest BCUT2D eigenvalue weighted by Gasteiger charge is 2.13. The first-order chi connectivity index (χ1) is 6.06. The molecule has 0 saturated carbocycles. The lowest BCUT2D eigenvalue weighted by atomic mass is 9.95. The molecular formula is C8H16N2O2S. The Kier molecular flexibility index (Phi) is 6.40. The molecule has 0 atom stereocenters. The van der Waals surface area contributed by atoms with E-state index in [1.54, 1.807) is 0 Å². The average Bonchev–Trinajstić information content (AvgIpc) is 1.98.